The summed E-state index contributed by atoms with van der Waals surface area (Å²) in [5.41, 5.74) is 3.10. The number of amides is 1. The van der Waals surface area contributed by atoms with Gasteiger partial charge in [0.2, 0.25) is 0 Å². The van der Waals surface area contributed by atoms with Crippen LogP contribution in [0, 0.1) is 15.5 Å². The smallest absolute Gasteiger partial charge is 0.269 e. The van der Waals surface area contributed by atoms with Gasteiger partial charge < -0.3 is 10.2 Å². The fraction of sp³-hybridized carbons (Fsp3) is 0.500. The number of likely N-dealkylation sites (tertiary alicyclic amines) is 1. The minimum absolute atomic E-state index is 0.00620. The van der Waals surface area contributed by atoms with E-state index in [1.807, 2.05) is 11.8 Å². The number of Topliss-reactive ketones (excluding diaryl/α,β-unsaturated/α-hetero) is 1. The number of benzene rings is 1. The molecule has 7 nitrogen and oxygen atoms in total. The predicted octanol–water partition coefficient (Wildman–Crippen LogP) is 4.21. The zero-order valence-electron chi connectivity index (χ0n) is 18.4. The van der Waals surface area contributed by atoms with Crippen molar-refractivity contribution in [2.75, 3.05) is 13.1 Å². The van der Waals surface area contributed by atoms with E-state index in [0.717, 1.165) is 30.7 Å². The summed E-state index contributed by atoms with van der Waals surface area (Å²) in [4.78, 5) is 39.8. The van der Waals surface area contributed by atoms with Gasteiger partial charge in [-0.2, -0.15) is 0 Å². The molecule has 0 unspecified atom stereocenters. The highest BCUT2D eigenvalue weighted by Crippen LogP contribution is 2.47. The fourth-order valence-corrected chi connectivity index (χ4v) is 5.14. The number of nitrogens with one attached hydrogen (secondary N) is 1. The Morgan fingerprint density at radius 1 is 1.19 bits per heavy atom. The molecule has 1 atom stereocenters. The average molecular weight is 424 g/mol. The van der Waals surface area contributed by atoms with E-state index in [9.17, 15) is 19.7 Å². The van der Waals surface area contributed by atoms with Gasteiger partial charge in [0, 0.05) is 60.1 Å². The molecule has 31 heavy (non-hydrogen) atoms. The second-order valence-corrected chi connectivity index (χ2v) is 9.63. The van der Waals surface area contributed by atoms with Crippen LogP contribution >= 0.6 is 0 Å². The van der Waals surface area contributed by atoms with Crippen LogP contribution in [0.4, 0.5) is 5.69 Å². The topological polar surface area (TPSA) is 92.6 Å². The van der Waals surface area contributed by atoms with E-state index in [-0.39, 0.29) is 22.8 Å². The number of rotatable bonds is 3. The second-order valence-electron chi connectivity index (χ2n) is 9.63. The van der Waals surface area contributed by atoms with Crippen molar-refractivity contribution in [2.45, 2.75) is 58.8 Å². The Labute approximate surface area is 182 Å². The summed E-state index contributed by atoms with van der Waals surface area (Å²) in [6.45, 7) is 7.39. The Hall–Kier alpha value is -2.96. The molecular formula is C24H29N3O4. The van der Waals surface area contributed by atoms with Crippen molar-refractivity contribution in [1.29, 1.82) is 0 Å². The van der Waals surface area contributed by atoms with E-state index >= 15 is 0 Å². The highest BCUT2D eigenvalue weighted by atomic mass is 16.6. The lowest BCUT2D eigenvalue weighted by Crippen LogP contribution is -2.43. The molecule has 1 aromatic carbocycles. The van der Waals surface area contributed by atoms with E-state index in [0.29, 0.717) is 42.6 Å². The van der Waals surface area contributed by atoms with Crippen molar-refractivity contribution < 1.29 is 14.5 Å². The summed E-state index contributed by atoms with van der Waals surface area (Å²) in [5, 5.41) is 14.8. The van der Waals surface area contributed by atoms with E-state index in [1.54, 1.807) is 12.1 Å². The predicted molar refractivity (Wildman–Crippen MR) is 117 cm³/mol. The number of nitrogens with zero attached hydrogens (tertiary/aromatic N) is 2. The van der Waals surface area contributed by atoms with Crippen LogP contribution in [0.25, 0.3) is 0 Å². The van der Waals surface area contributed by atoms with Gasteiger partial charge in [-0.15, -0.1) is 0 Å². The molecule has 1 aromatic rings. The van der Waals surface area contributed by atoms with Crippen LogP contribution in [0.5, 0.6) is 0 Å². The van der Waals surface area contributed by atoms with Gasteiger partial charge in [0.25, 0.3) is 11.6 Å². The molecule has 0 bridgehead atoms. The molecule has 1 N–H and O–H groups in total. The molecule has 7 heteroatoms. The van der Waals surface area contributed by atoms with E-state index in [1.165, 1.54) is 12.1 Å². The molecule has 4 rings (SSSR count). The second kappa shape index (κ2) is 7.94. The number of ketones is 1. The van der Waals surface area contributed by atoms with E-state index in [4.69, 9.17) is 0 Å². The van der Waals surface area contributed by atoms with Crippen LogP contribution in [0.1, 0.15) is 64.4 Å². The van der Waals surface area contributed by atoms with Crippen molar-refractivity contribution >= 4 is 17.4 Å². The maximum Gasteiger partial charge on any atom is 0.269 e. The standard InChI is InChI=1S/C24H29N3O4/c1-15-20(23(29)26-10-5-4-6-11-26)21(16-8-7-9-17(12-16)27(30)31)22-18(25-15)13-24(2,3)14-19(22)28/h7-9,12,21,25H,4-6,10-11,13-14H2,1-3H3/t21-/m1/s1. The lowest BCUT2D eigenvalue weighted by molar-refractivity contribution is -0.384. The Kier molecular flexibility index (Phi) is 5.45. The van der Waals surface area contributed by atoms with E-state index < -0.39 is 10.8 Å². The molecule has 0 spiro atoms. The fourth-order valence-electron chi connectivity index (χ4n) is 5.14. The van der Waals surface area contributed by atoms with Crippen molar-refractivity contribution in [1.82, 2.24) is 10.2 Å². The molecule has 0 aromatic heterocycles. The largest absolute Gasteiger partial charge is 0.362 e. The number of piperidine rings is 1. The summed E-state index contributed by atoms with van der Waals surface area (Å²) < 4.78 is 0. The SMILES string of the molecule is CC1=C(C(=O)N2CCCCC2)[C@@H](c2cccc([N+](=O)[O-])c2)C2=C(CC(C)(C)CC2=O)N1. The van der Waals surface area contributed by atoms with Gasteiger partial charge in [0.15, 0.2) is 5.78 Å². The van der Waals surface area contributed by atoms with Crippen LogP contribution < -0.4 is 5.32 Å². The summed E-state index contributed by atoms with van der Waals surface area (Å²) in [6, 6.07) is 6.36. The molecular weight excluding hydrogens is 394 g/mol. The highest BCUT2D eigenvalue weighted by molar-refractivity contribution is 6.05. The van der Waals surface area contributed by atoms with Gasteiger partial charge in [0.1, 0.15) is 0 Å². The van der Waals surface area contributed by atoms with Crippen molar-refractivity contribution in [3.63, 3.8) is 0 Å². The third-order valence-corrected chi connectivity index (χ3v) is 6.53. The maximum atomic E-state index is 13.6. The van der Waals surface area contributed by atoms with Crippen molar-refractivity contribution in [3.05, 3.63) is 62.5 Å². The maximum absolute atomic E-state index is 13.6. The third-order valence-electron chi connectivity index (χ3n) is 6.53. The number of carbonyl (C=O) groups is 2. The van der Waals surface area contributed by atoms with Gasteiger partial charge in [-0.05, 0) is 43.6 Å². The van der Waals surface area contributed by atoms with Gasteiger partial charge in [-0.25, -0.2) is 0 Å². The Morgan fingerprint density at radius 2 is 1.90 bits per heavy atom. The highest BCUT2D eigenvalue weighted by Gasteiger charge is 2.43. The number of hydrogen-bond donors (Lipinski definition) is 1. The van der Waals surface area contributed by atoms with Crippen molar-refractivity contribution in [2.24, 2.45) is 5.41 Å². The number of nitro groups is 1. The average Bonchev–Trinajstić information content (AvgIpc) is 2.72. The summed E-state index contributed by atoms with van der Waals surface area (Å²) in [6.07, 6.45) is 4.13. The Morgan fingerprint density at radius 3 is 2.58 bits per heavy atom. The number of dihydropyridines is 1. The number of non-ortho nitro benzene ring substituents is 1. The first-order chi connectivity index (χ1) is 14.7. The first-order valence-corrected chi connectivity index (χ1v) is 11.0. The van der Waals surface area contributed by atoms with Crippen LogP contribution in [-0.4, -0.2) is 34.6 Å². The van der Waals surface area contributed by atoms with Gasteiger partial charge in [0.05, 0.1) is 4.92 Å². The Bertz CT molecular complexity index is 1020. The van der Waals surface area contributed by atoms with E-state index in [2.05, 4.69) is 19.2 Å². The molecule has 1 saturated heterocycles. The third kappa shape index (κ3) is 4.01. The first-order valence-electron chi connectivity index (χ1n) is 11.0. The minimum Gasteiger partial charge on any atom is -0.362 e. The zero-order valence-corrected chi connectivity index (χ0v) is 18.4. The number of allylic oxidation sites excluding steroid dienone is 3. The van der Waals surface area contributed by atoms with Crippen LogP contribution in [0.3, 0.4) is 0 Å². The van der Waals surface area contributed by atoms with Gasteiger partial charge in [-0.1, -0.05) is 26.0 Å². The number of hydrogen-bond acceptors (Lipinski definition) is 5. The van der Waals surface area contributed by atoms with Crippen LogP contribution in [0.2, 0.25) is 0 Å². The molecule has 1 amide bonds. The number of carbonyl (C=O) groups excluding carboxylic acids is 2. The van der Waals surface area contributed by atoms with Crippen molar-refractivity contribution in [3.8, 4) is 0 Å². The normalized spacial score (nSPS) is 23.4. The summed E-state index contributed by atoms with van der Waals surface area (Å²) >= 11 is 0. The quantitative estimate of drug-likeness (QED) is 0.581. The van der Waals surface area contributed by atoms with Gasteiger partial charge >= 0.3 is 0 Å². The molecule has 164 valence electrons. The van der Waals surface area contributed by atoms with Gasteiger partial charge in [-0.3, -0.25) is 19.7 Å². The molecule has 1 aliphatic carbocycles. The Balaban J connectivity index is 1.86. The molecule has 0 saturated carbocycles. The lowest BCUT2D eigenvalue weighted by atomic mass is 9.68. The minimum atomic E-state index is -0.589. The van der Waals surface area contributed by atoms with Crippen LogP contribution in [0.15, 0.2) is 46.8 Å². The first kappa shape index (κ1) is 21.3. The summed E-state index contributed by atoms with van der Waals surface area (Å²) in [5.74, 6) is -0.661. The lowest BCUT2D eigenvalue weighted by Gasteiger charge is -2.41. The molecule has 1 fully saturated rings. The van der Waals surface area contributed by atoms with Crippen LogP contribution in [-0.2, 0) is 9.59 Å². The molecule has 2 aliphatic heterocycles. The monoisotopic (exact) mass is 423 g/mol. The molecule has 0 radical (unpaired) electrons. The molecule has 2 heterocycles. The summed E-state index contributed by atoms with van der Waals surface area (Å²) in [7, 11) is 0. The molecule has 3 aliphatic rings. The number of nitro benzene ring substituents is 1. The zero-order chi connectivity index (χ0) is 22.3.